The van der Waals surface area contributed by atoms with Crippen LogP contribution in [0.3, 0.4) is 0 Å². The number of aliphatic hydroxyl groups is 1. The maximum Gasteiger partial charge on any atom is 0.420 e. The van der Waals surface area contributed by atoms with Gasteiger partial charge in [0.25, 0.3) is 5.91 Å². The molecule has 0 aliphatic rings. The molecule has 4 aromatic rings. The van der Waals surface area contributed by atoms with Crippen LogP contribution in [0.15, 0.2) is 65.5 Å². The summed E-state index contributed by atoms with van der Waals surface area (Å²) >= 11 is 1.28. The van der Waals surface area contributed by atoms with Gasteiger partial charge in [-0.15, -0.1) is 0 Å². The Kier molecular flexibility index (Phi) is 7.37. The topological polar surface area (TPSA) is 70.4 Å². The van der Waals surface area contributed by atoms with Gasteiger partial charge in [-0.25, -0.2) is 4.68 Å². The molecular weight excluding hydrogens is 489 g/mol. The van der Waals surface area contributed by atoms with E-state index in [0.29, 0.717) is 23.1 Å². The molecule has 10 heteroatoms. The zero-order valence-corrected chi connectivity index (χ0v) is 20.7. The van der Waals surface area contributed by atoms with E-state index in [-0.39, 0.29) is 6.54 Å². The second kappa shape index (κ2) is 10.3. The summed E-state index contributed by atoms with van der Waals surface area (Å²) in [7, 11) is 0. The number of para-hydroxylation sites is 1. The van der Waals surface area contributed by atoms with Gasteiger partial charge in [-0.3, -0.25) is 4.79 Å². The van der Waals surface area contributed by atoms with Crippen LogP contribution in [0.2, 0.25) is 0 Å². The average molecular weight is 517 g/mol. The van der Waals surface area contributed by atoms with Crippen LogP contribution in [0.1, 0.15) is 29.3 Å². The Morgan fingerprint density at radius 1 is 1.19 bits per heavy atom. The summed E-state index contributed by atoms with van der Waals surface area (Å²) in [6.45, 7) is 1.98. The van der Waals surface area contributed by atoms with E-state index in [2.05, 4.69) is 10.4 Å². The number of anilines is 1. The number of fused-ring (bicyclic) bond motifs is 1. The fourth-order valence-corrected chi connectivity index (χ4v) is 4.71. The highest BCUT2D eigenvalue weighted by Crippen LogP contribution is 2.34. The van der Waals surface area contributed by atoms with Crippen molar-refractivity contribution in [2.75, 3.05) is 25.0 Å². The van der Waals surface area contributed by atoms with Crippen LogP contribution < -0.4 is 5.32 Å². The Bertz CT molecular complexity index is 1320. The molecule has 0 saturated heterocycles. The lowest BCUT2D eigenvalue weighted by atomic mass is 10.0. The summed E-state index contributed by atoms with van der Waals surface area (Å²) in [6.07, 6.45) is -2.94. The van der Waals surface area contributed by atoms with E-state index in [1.54, 1.807) is 40.7 Å². The number of alkyl halides is 3. The Morgan fingerprint density at radius 2 is 1.94 bits per heavy atom. The van der Waals surface area contributed by atoms with E-state index < -0.39 is 30.8 Å². The van der Waals surface area contributed by atoms with Crippen LogP contribution in [0.25, 0.3) is 16.6 Å². The van der Waals surface area contributed by atoms with Crippen molar-refractivity contribution < 1.29 is 23.1 Å². The van der Waals surface area contributed by atoms with Gasteiger partial charge in [0.2, 0.25) is 0 Å². The predicted molar refractivity (Wildman–Crippen MR) is 136 cm³/mol. The smallest absolute Gasteiger partial charge is 0.381 e. The van der Waals surface area contributed by atoms with Crippen molar-refractivity contribution in [3.63, 3.8) is 0 Å². The molecular formula is C26H27F3N4O2S. The van der Waals surface area contributed by atoms with E-state index in [9.17, 15) is 23.1 Å². The van der Waals surface area contributed by atoms with Gasteiger partial charge in [-0.1, -0.05) is 25.1 Å². The SMILES string of the molecule is CCCN(CC(O)(CNc1cc(C)cc2c1cnn2-c1ccccc1)C(F)(F)F)C(=O)c1ccsc1. The van der Waals surface area contributed by atoms with E-state index in [1.807, 2.05) is 43.3 Å². The van der Waals surface area contributed by atoms with Crippen LogP contribution in [-0.4, -0.2) is 57.1 Å². The molecule has 0 spiro atoms. The van der Waals surface area contributed by atoms with Crippen LogP contribution in [0.5, 0.6) is 0 Å². The first-order valence-corrected chi connectivity index (χ1v) is 12.5. The van der Waals surface area contributed by atoms with E-state index in [1.165, 1.54) is 11.3 Å². The number of benzene rings is 2. The number of nitrogens with one attached hydrogen (secondary N) is 1. The third kappa shape index (κ3) is 5.24. The summed E-state index contributed by atoms with van der Waals surface area (Å²) in [4.78, 5) is 13.9. The van der Waals surface area contributed by atoms with Crippen LogP contribution in [0.4, 0.5) is 18.9 Å². The highest BCUT2D eigenvalue weighted by molar-refractivity contribution is 7.08. The number of rotatable bonds is 9. The number of carbonyl (C=O) groups is 1. The predicted octanol–water partition coefficient (Wildman–Crippen LogP) is 5.65. The third-order valence-electron chi connectivity index (χ3n) is 5.93. The number of halogens is 3. The molecule has 0 bridgehead atoms. The van der Waals surface area contributed by atoms with E-state index in [0.717, 1.165) is 21.7 Å². The standard InChI is InChI=1S/C26H27F3N4O2S/c1-3-10-32(24(34)19-9-11-36-15-19)17-25(35,26(27,28)29)16-30-22-12-18(2)13-23-21(22)14-31-33(23)20-7-5-4-6-8-20/h4-9,11-15,30,35H,3,10,16-17H2,1-2H3. The van der Waals surface area contributed by atoms with Crippen LogP contribution >= 0.6 is 11.3 Å². The molecule has 36 heavy (non-hydrogen) atoms. The molecule has 0 aliphatic carbocycles. The monoisotopic (exact) mass is 516 g/mol. The molecule has 2 aromatic carbocycles. The van der Waals surface area contributed by atoms with Crippen molar-refractivity contribution in [3.8, 4) is 5.69 Å². The highest BCUT2D eigenvalue weighted by atomic mass is 32.1. The molecule has 6 nitrogen and oxygen atoms in total. The molecule has 0 aliphatic heterocycles. The summed E-state index contributed by atoms with van der Waals surface area (Å²) < 4.78 is 44.3. The molecule has 2 heterocycles. The van der Waals surface area contributed by atoms with Gasteiger partial charge in [0.15, 0.2) is 5.60 Å². The van der Waals surface area contributed by atoms with Crippen molar-refractivity contribution in [2.45, 2.75) is 32.0 Å². The normalized spacial score (nSPS) is 13.5. The molecule has 0 fully saturated rings. The van der Waals surface area contributed by atoms with Gasteiger partial charge in [0.05, 0.1) is 36.1 Å². The van der Waals surface area contributed by atoms with Gasteiger partial charge >= 0.3 is 6.18 Å². The summed E-state index contributed by atoms with van der Waals surface area (Å²) in [5.74, 6) is -0.539. The Balaban J connectivity index is 1.63. The van der Waals surface area contributed by atoms with Crippen molar-refractivity contribution >= 4 is 33.8 Å². The molecule has 1 amide bonds. The number of aryl methyl sites for hydroxylation is 1. The summed E-state index contributed by atoms with van der Waals surface area (Å²) in [6, 6.07) is 14.6. The molecule has 0 radical (unpaired) electrons. The number of aromatic nitrogens is 2. The Morgan fingerprint density at radius 3 is 2.58 bits per heavy atom. The molecule has 190 valence electrons. The van der Waals surface area contributed by atoms with Gasteiger partial charge in [0.1, 0.15) is 0 Å². The zero-order chi connectivity index (χ0) is 25.9. The number of thiophene rings is 1. The van der Waals surface area contributed by atoms with Gasteiger partial charge in [0, 0.05) is 23.0 Å². The number of hydrogen-bond donors (Lipinski definition) is 2. The molecule has 0 saturated carbocycles. The lowest BCUT2D eigenvalue weighted by molar-refractivity contribution is -0.257. The molecule has 1 unspecified atom stereocenters. The lowest BCUT2D eigenvalue weighted by Crippen LogP contribution is -2.58. The lowest BCUT2D eigenvalue weighted by Gasteiger charge is -2.36. The maximum absolute atomic E-state index is 14.2. The Labute approximate surface area is 211 Å². The number of hydrogen-bond acceptors (Lipinski definition) is 5. The number of carbonyl (C=O) groups excluding carboxylic acids is 1. The minimum absolute atomic E-state index is 0.0889. The summed E-state index contributed by atoms with van der Waals surface area (Å²) in [5.41, 5.74) is -0.0871. The third-order valence-corrected chi connectivity index (χ3v) is 6.62. The van der Waals surface area contributed by atoms with Gasteiger partial charge in [-0.2, -0.15) is 29.6 Å². The molecule has 2 N–H and O–H groups in total. The largest absolute Gasteiger partial charge is 0.420 e. The highest BCUT2D eigenvalue weighted by Gasteiger charge is 2.55. The number of nitrogens with zero attached hydrogens (tertiary/aromatic N) is 3. The minimum atomic E-state index is -4.97. The van der Waals surface area contributed by atoms with Gasteiger partial charge in [-0.05, 0) is 54.6 Å². The fraction of sp³-hybridized carbons (Fsp3) is 0.308. The first-order valence-electron chi connectivity index (χ1n) is 11.5. The van der Waals surface area contributed by atoms with Gasteiger partial charge < -0.3 is 15.3 Å². The van der Waals surface area contributed by atoms with Crippen molar-refractivity contribution in [3.05, 3.63) is 76.6 Å². The quantitative estimate of drug-likeness (QED) is 0.302. The van der Waals surface area contributed by atoms with Crippen LogP contribution in [-0.2, 0) is 0 Å². The average Bonchev–Trinajstić information content (AvgIpc) is 3.52. The van der Waals surface area contributed by atoms with Crippen molar-refractivity contribution in [1.82, 2.24) is 14.7 Å². The Hall–Kier alpha value is -3.37. The van der Waals surface area contributed by atoms with E-state index >= 15 is 0 Å². The minimum Gasteiger partial charge on any atom is -0.381 e. The first-order chi connectivity index (χ1) is 17.1. The zero-order valence-electron chi connectivity index (χ0n) is 19.9. The second-order valence-electron chi connectivity index (χ2n) is 8.76. The number of amides is 1. The maximum atomic E-state index is 14.2. The molecule has 2 aromatic heterocycles. The molecule has 4 rings (SSSR count). The first kappa shape index (κ1) is 25.7. The summed E-state index contributed by atoms with van der Waals surface area (Å²) in [5, 5.41) is 22.0. The molecule has 1 atom stereocenters. The second-order valence-corrected chi connectivity index (χ2v) is 9.54. The fourth-order valence-electron chi connectivity index (χ4n) is 4.08. The van der Waals surface area contributed by atoms with Crippen molar-refractivity contribution in [2.24, 2.45) is 0 Å². The van der Waals surface area contributed by atoms with Crippen molar-refractivity contribution in [1.29, 1.82) is 0 Å². The van der Waals surface area contributed by atoms with Crippen LogP contribution in [0, 0.1) is 6.92 Å². The van der Waals surface area contributed by atoms with E-state index in [4.69, 9.17) is 0 Å².